The molecule has 0 aromatic carbocycles. The van der Waals surface area contributed by atoms with Gasteiger partial charge in [-0.2, -0.15) is 0 Å². The van der Waals surface area contributed by atoms with Crippen LogP contribution in [-0.2, 0) is 5.60 Å². The zero-order chi connectivity index (χ0) is 10.1. The second kappa shape index (κ2) is 3.81. The van der Waals surface area contributed by atoms with E-state index >= 15 is 0 Å². The summed E-state index contributed by atoms with van der Waals surface area (Å²) in [7, 11) is 0. The van der Waals surface area contributed by atoms with Gasteiger partial charge in [-0.1, -0.05) is 13.8 Å². The van der Waals surface area contributed by atoms with Gasteiger partial charge in [-0.05, 0) is 43.2 Å². The Hall–Kier alpha value is -0.340. The SMILES string of the molecule is Cc1cc(C(C)(O)CC(C)C)cs1. The number of hydrogen-bond donors (Lipinski definition) is 1. The Morgan fingerprint density at radius 1 is 1.54 bits per heavy atom. The van der Waals surface area contributed by atoms with Gasteiger partial charge in [0.25, 0.3) is 0 Å². The van der Waals surface area contributed by atoms with Crippen molar-refractivity contribution in [1.29, 1.82) is 0 Å². The fourth-order valence-corrected chi connectivity index (χ4v) is 2.47. The lowest BCUT2D eigenvalue weighted by Gasteiger charge is -2.24. The first kappa shape index (κ1) is 10.7. The van der Waals surface area contributed by atoms with Gasteiger partial charge in [-0.15, -0.1) is 11.3 Å². The van der Waals surface area contributed by atoms with E-state index in [0.717, 1.165) is 12.0 Å². The Morgan fingerprint density at radius 2 is 2.15 bits per heavy atom. The maximum atomic E-state index is 10.2. The molecule has 13 heavy (non-hydrogen) atoms. The third-order valence-electron chi connectivity index (χ3n) is 2.16. The highest BCUT2D eigenvalue weighted by atomic mass is 32.1. The normalized spacial score (nSPS) is 16.2. The van der Waals surface area contributed by atoms with Gasteiger partial charge >= 0.3 is 0 Å². The zero-order valence-corrected chi connectivity index (χ0v) is 9.61. The Balaban J connectivity index is 2.80. The number of aliphatic hydroxyl groups is 1. The van der Waals surface area contributed by atoms with Crippen molar-refractivity contribution in [3.05, 3.63) is 21.9 Å². The summed E-state index contributed by atoms with van der Waals surface area (Å²) in [5.41, 5.74) is 0.405. The minimum atomic E-state index is -0.654. The number of rotatable bonds is 3. The molecule has 74 valence electrons. The van der Waals surface area contributed by atoms with Crippen molar-refractivity contribution >= 4 is 11.3 Å². The molecule has 0 bridgehead atoms. The van der Waals surface area contributed by atoms with Crippen molar-refractivity contribution in [2.45, 2.75) is 39.7 Å². The molecular weight excluding hydrogens is 180 g/mol. The van der Waals surface area contributed by atoms with Crippen LogP contribution in [0.5, 0.6) is 0 Å². The van der Waals surface area contributed by atoms with Crippen molar-refractivity contribution in [2.24, 2.45) is 5.92 Å². The lowest BCUT2D eigenvalue weighted by molar-refractivity contribution is 0.0352. The van der Waals surface area contributed by atoms with Gasteiger partial charge in [0.2, 0.25) is 0 Å². The fourth-order valence-electron chi connectivity index (χ4n) is 1.64. The topological polar surface area (TPSA) is 20.2 Å². The molecule has 1 aromatic heterocycles. The molecule has 0 saturated heterocycles. The van der Waals surface area contributed by atoms with Gasteiger partial charge in [0, 0.05) is 4.88 Å². The highest BCUT2D eigenvalue weighted by Crippen LogP contribution is 2.30. The average molecular weight is 198 g/mol. The first-order chi connectivity index (χ1) is 5.92. The van der Waals surface area contributed by atoms with Crippen LogP contribution in [0.2, 0.25) is 0 Å². The molecule has 1 aromatic rings. The molecular formula is C11H18OS. The van der Waals surface area contributed by atoms with E-state index in [9.17, 15) is 5.11 Å². The molecule has 1 N–H and O–H groups in total. The summed E-state index contributed by atoms with van der Waals surface area (Å²) < 4.78 is 0. The third-order valence-corrected chi connectivity index (χ3v) is 3.02. The molecule has 0 radical (unpaired) electrons. The van der Waals surface area contributed by atoms with Gasteiger partial charge < -0.3 is 5.11 Å². The van der Waals surface area contributed by atoms with Crippen molar-refractivity contribution in [3.8, 4) is 0 Å². The van der Waals surface area contributed by atoms with Crippen LogP contribution in [-0.4, -0.2) is 5.11 Å². The average Bonchev–Trinajstić information content (AvgIpc) is 2.32. The van der Waals surface area contributed by atoms with Crippen molar-refractivity contribution in [2.75, 3.05) is 0 Å². The smallest absolute Gasteiger partial charge is 0.0879 e. The summed E-state index contributed by atoms with van der Waals surface area (Å²) in [6.07, 6.45) is 0.823. The molecule has 1 heterocycles. The minimum absolute atomic E-state index is 0.523. The first-order valence-corrected chi connectivity index (χ1v) is 5.58. The van der Waals surface area contributed by atoms with E-state index < -0.39 is 5.60 Å². The van der Waals surface area contributed by atoms with Gasteiger partial charge in [-0.25, -0.2) is 0 Å². The van der Waals surface area contributed by atoms with Gasteiger partial charge in [0.05, 0.1) is 5.60 Å². The Labute approximate surface area is 84.4 Å². The van der Waals surface area contributed by atoms with Gasteiger partial charge in [-0.3, -0.25) is 0 Å². The molecule has 1 nitrogen and oxygen atoms in total. The summed E-state index contributed by atoms with van der Waals surface area (Å²) in [6, 6.07) is 2.08. The van der Waals surface area contributed by atoms with E-state index in [1.165, 1.54) is 4.88 Å². The number of thiophene rings is 1. The van der Waals surface area contributed by atoms with E-state index in [1.807, 2.05) is 6.92 Å². The maximum absolute atomic E-state index is 10.2. The summed E-state index contributed by atoms with van der Waals surface area (Å²) in [5, 5.41) is 12.2. The van der Waals surface area contributed by atoms with Crippen LogP contribution in [0.15, 0.2) is 11.4 Å². The molecule has 2 heteroatoms. The fraction of sp³-hybridized carbons (Fsp3) is 0.636. The quantitative estimate of drug-likeness (QED) is 0.790. The Morgan fingerprint density at radius 3 is 2.54 bits per heavy atom. The van der Waals surface area contributed by atoms with Crippen molar-refractivity contribution < 1.29 is 5.11 Å². The Kier molecular flexibility index (Phi) is 3.14. The predicted molar refractivity (Wildman–Crippen MR) is 58.1 cm³/mol. The second-order valence-corrected chi connectivity index (χ2v) is 5.43. The van der Waals surface area contributed by atoms with Crippen LogP contribution < -0.4 is 0 Å². The van der Waals surface area contributed by atoms with E-state index in [-0.39, 0.29) is 0 Å². The maximum Gasteiger partial charge on any atom is 0.0879 e. The minimum Gasteiger partial charge on any atom is -0.385 e. The van der Waals surface area contributed by atoms with Gasteiger partial charge in [0.1, 0.15) is 0 Å². The molecule has 0 fully saturated rings. The van der Waals surface area contributed by atoms with Crippen LogP contribution in [0.1, 0.15) is 37.6 Å². The molecule has 0 spiro atoms. The highest BCUT2D eigenvalue weighted by molar-refractivity contribution is 7.10. The van der Waals surface area contributed by atoms with E-state index in [4.69, 9.17) is 0 Å². The molecule has 1 atom stereocenters. The number of aryl methyl sites for hydroxylation is 1. The van der Waals surface area contributed by atoms with Crippen molar-refractivity contribution in [1.82, 2.24) is 0 Å². The zero-order valence-electron chi connectivity index (χ0n) is 8.79. The lowest BCUT2D eigenvalue weighted by atomic mass is 9.89. The lowest BCUT2D eigenvalue weighted by Crippen LogP contribution is -2.22. The van der Waals surface area contributed by atoms with E-state index in [1.54, 1.807) is 11.3 Å². The summed E-state index contributed by atoms with van der Waals surface area (Å²) in [4.78, 5) is 1.26. The molecule has 0 aliphatic heterocycles. The number of hydrogen-bond acceptors (Lipinski definition) is 2. The van der Waals surface area contributed by atoms with E-state index in [0.29, 0.717) is 5.92 Å². The highest BCUT2D eigenvalue weighted by Gasteiger charge is 2.24. The molecule has 0 aliphatic rings. The van der Waals surface area contributed by atoms with E-state index in [2.05, 4.69) is 32.2 Å². The van der Waals surface area contributed by atoms with Crippen LogP contribution in [0.3, 0.4) is 0 Å². The molecule has 0 amide bonds. The standard InChI is InChI=1S/C11H18OS/c1-8(2)6-11(4,12)10-5-9(3)13-7-10/h5,7-8,12H,6H2,1-4H3. The van der Waals surface area contributed by atoms with Gasteiger partial charge in [0.15, 0.2) is 0 Å². The van der Waals surface area contributed by atoms with Crippen LogP contribution >= 0.6 is 11.3 Å². The van der Waals surface area contributed by atoms with Crippen LogP contribution in [0, 0.1) is 12.8 Å². The predicted octanol–water partition coefficient (Wildman–Crippen LogP) is 3.31. The summed E-state index contributed by atoms with van der Waals surface area (Å²) in [5.74, 6) is 0.523. The first-order valence-electron chi connectivity index (χ1n) is 4.70. The summed E-state index contributed by atoms with van der Waals surface area (Å²) in [6.45, 7) is 8.23. The monoisotopic (exact) mass is 198 g/mol. The molecule has 1 unspecified atom stereocenters. The van der Waals surface area contributed by atoms with Crippen molar-refractivity contribution in [3.63, 3.8) is 0 Å². The van der Waals surface area contributed by atoms with Crippen LogP contribution in [0.25, 0.3) is 0 Å². The third kappa shape index (κ3) is 2.82. The molecule has 0 saturated carbocycles. The summed E-state index contributed by atoms with van der Waals surface area (Å²) >= 11 is 1.70. The largest absolute Gasteiger partial charge is 0.385 e. The molecule has 1 rings (SSSR count). The van der Waals surface area contributed by atoms with Crippen LogP contribution in [0.4, 0.5) is 0 Å². The second-order valence-electron chi connectivity index (χ2n) is 4.32. The Bertz CT molecular complexity index is 273. The molecule has 0 aliphatic carbocycles.